The fourth-order valence-corrected chi connectivity index (χ4v) is 3.62. The van der Waals surface area contributed by atoms with E-state index >= 15 is 0 Å². The van der Waals surface area contributed by atoms with E-state index in [4.69, 9.17) is 4.74 Å². The summed E-state index contributed by atoms with van der Waals surface area (Å²) in [5, 5.41) is 6.69. The van der Waals surface area contributed by atoms with Crippen molar-refractivity contribution in [2.45, 2.75) is 45.1 Å². The molecule has 3 aromatic carbocycles. The molecule has 4 rings (SSSR count). The first-order chi connectivity index (χ1) is 14.3. The topological polar surface area (TPSA) is 50.7 Å². The van der Waals surface area contributed by atoms with E-state index in [1.165, 1.54) is 31.1 Å². The molecule has 0 aliphatic heterocycles. The molecule has 1 fully saturated rings. The Bertz CT molecular complexity index is 999. The van der Waals surface area contributed by atoms with Crippen LogP contribution in [0.15, 0.2) is 71.8 Å². The van der Waals surface area contributed by atoms with Gasteiger partial charge in [-0.25, -0.2) is 5.43 Å². The first-order valence-corrected chi connectivity index (χ1v) is 10.3. The molecule has 1 N–H and O–H groups in total. The Morgan fingerprint density at radius 1 is 0.862 bits per heavy atom. The van der Waals surface area contributed by atoms with Crippen LogP contribution in [0.3, 0.4) is 0 Å². The Kier molecular flexibility index (Phi) is 6.20. The SMILES string of the molecule is O=C(NN=C1CCCCCC1)c1ccc(COc2ccc3ccccc3c2)cc1. The highest BCUT2D eigenvalue weighted by Gasteiger charge is 2.08. The van der Waals surface area contributed by atoms with Crippen LogP contribution >= 0.6 is 0 Å². The van der Waals surface area contributed by atoms with E-state index in [0.717, 1.165) is 35.3 Å². The van der Waals surface area contributed by atoms with E-state index in [1.54, 1.807) is 0 Å². The molecule has 0 atom stereocenters. The maximum atomic E-state index is 12.3. The number of nitrogens with one attached hydrogen (secondary N) is 1. The molecule has 0 unspecified atom stereocenters. The summed E-state index contributed by atoms with van der Waals surface area (Å²) in [4.78, 5) is 12.3. The lowest BCUT2D eigenvalue weighted by molar-refractivity contribution is 0.0954. The molecule has 0 spiro atoms. The van der Waals surface area contributed by atoms with Crippen molar-refractivity contribution in [3.05, 3.63) is 77.9 Å². The van der Waals surface area contributed by atoms with Crippen LogP contribution in [0, 0.1) is 0 Å². The number of nitrogens with zero attached hydrogens (tertiary/aromatic N) is 1. The Balaban J connectivity index is 1.33. The van der Waals surface area contributed by atoms with Gasteiger partial charge < -0.3 is 4.74 Å². The average molecular weight is 386 g/mol. The molecular formula is C25H26N2O2. The van der Waals surface area contributed by atoms with Crippen LogP contribution < -0.4 is 10.2 Å². The fourth-order valence-electron chi connectivity index (χ4n) is 3.62. The summed E-state index contributed by atoms with van der Waals surface area (Å²) in [6, 6.07) is 21.8. The van der Waals surface area contributed by atoms with Crippen LogP contribution in [0.5, 0.6) is 5.75 Å². The third-order valence-corrected chi connectivity index (χ3v) is 5.34. The van der Waals surface area contributed by atoms with Gasteiger partial charge in [0.1, 0.15) is 12.4 Å². The number of ether oxygens (including phenoxy) is 1. The second kappa shape index (κ2) is 9.37. The molecule has 0 saturated heterocycles. The molecule has 4 nitrogen and oxygen atoms in total. The minimum absolute atomic E-state index is 0.163. The lowest BCUT2D eigenvalue weighted by Crippen LogP contribution is -2.19. The quantitative estimate of drug-likeness (QED) is 0.441. The van der Waals surface area contributed by atoms with Gasteiger partial charge in [0.15, 0.2) is 0 Å². The first kappa shape index (κ1) is 19.2. The van der Waals surface area contributed by atoms with Gasteiger partial charge in [0.25, 0.3) is 5.91 Å². The van der Waals surface area contributed by atoms with E-state index in [-0.39, 0.29) is 5.91 Å². The van der Waals surface area contributed by atoms with E-state index < -0.39 is 0 Å². The Morgan fingerprint density at radius 3 is 2.34 bits per heavy atom. The summed E-state index contributed by atoms with van der Waals surface area (Å²) in [6.45, 7) is 0.461. The number of amides is 1. The number of carbonyl (C=O) groups excluding carboxylic acids is 1. The number of fused-ring (bicyclic) bond motifs is 1. The number of benzene rings is 3. The van der Waals surface area contributed by atoms with E-state index in [2.05, 4.69) is 28.7 Å². The molecule has 1 saturated carbocycles. The van der Waals surface area contributed by atoms with E-state index in [9.17, 15) is 4.79 Å². The van der Waals surface area contributed by atoms with Crippen molar-refractivity contribution in [2.75, 3.05) is 0 Å². The van der Waals surface area contributed by atoms with Crippen molar-refractivity contribution >= 4 is 22.4 Å². The normalized spacial score (nSPS) is 14.3. The zero-order valence-corrected chi connectivity index (χ0v) is 16.6. The van der Waals surface area contributed by atoms with E-state index in [0.29, 0.717) is 12.2 Å². The van der Waals surface area contributed by atoms with Crippen LogP contribution in [0.25, 0.3) is 10.8 Å². The number of hydrogen-bond acceptors (Lipinski definition) is 3. The summed E-state index contributed by atoms with van der Waals surface area (Å²) < 4.78 is 5.92. The molecule has 0 aromatic heterocycles. The minimum atomic E-state index is -0.163. The molecule has 0 radical (unpaired) electrons. The maximum absolute atomic E-state index is 12.3. The van der Waals surface area contributed by atoms with Crippen LogP contribution in [-0.2, 0) is 6.61 Å². The average Bonchev–Trinajstić information content (AvgIpc) is 3.05. The number of hydrogen-bond donors (Lipinski definition) is 1. The Labute approximate surface area is 171 Å². The van der Waals surface area contributed by atoms with Gasteiger partial charge in [0.2, 0.25) is 0 Å². The molecule has 148 valence electrons. The lowest BCUT2D eigenvalue weighted by Gasteiger charge is -2.08. The van der Waals surface area contributed by atoms with Gasteiger partial charge in [-0.1, -0.05) is 55.3 Å². The third-order valence-electron chi connectivity index (χ3n) is 5.34. The number of hydrazone groups is 1. The molecule has 29 heavy (non-hydrogen) atoms. The molecule has 3 aromatic rings. The molecule has 0 heterocycles. The zero-order chi connectivity index (χ0) is 19.9. The van der Waals surface area contributed by atoms with Gasteiger partial charge >= 0.3 is 0 Å². The van der Waals surface area contributed by atoms with Gasteiger partial charge in [0, 0.05) is 11.3 Å². The summed E-state index contributed by atoms with van der Waals surface area (Å²) in [7, 11) is 0. The van der Waals surface area contributed by atoms with Gasteiger partial charge in [-0.05, 0) is 66.3 Å². The lowest BCUT2D eigenvalue weighted by atomic mass is 10.1. The number of rotatable bonds is 5. The molecule has 1 aliphatic rings. The zero-order valence-electron chi connectivity index (χ0n) is 16.6. The second-order valence-corrected chi connectivity index (χ2v) is 7.53. The van der Waals surface area contributed by atoms with Crippen molar-refractivity contribution in [3.63, 3.8) is 0 Å². The van der Waals surface area contributed by atoms with E-state index in [1.807, 2.05) is 48.5 Å². The predicted octanol–water partition coefficient (Wildman–Crippen LogP) is 5.86. The highest BCUT2D eigenvalue weighted by molar-refractivity contribution is 5.95. The third kappa shape index (κ3) is 5.23. The monoisotopic (exact) mass is 386 g/mol. The predicted molar refractivity (Wildman–Crippen MR) is 117 cm³/mol. The molecule has 0 bridgehead atoms. The van der Waals surface area contributed by atoms with Gasteiger partial charge in [-0.15, -0.1) is 0 Å². The van der Waals surface area contributed by atoms with Crippen molar-refractivity contribution < 1.29 is 9.53 Å². The molecular weight excluding hydrogens is 360 g/mol. The smallest absolute Gasteiger partial charge is 0.271 e. The van der Waals surface area contributed by atoms with Crippen molar-refractivity contribution in [1.29, 1.82) is 0 Å². The van der Waals surface area contributed by atoms with Gasteiger partial charge in [0.05, 0.1) is 0 Å². The highest BCUT2D eigenvalue weighted by atomic mass is 16.5. The van der Waals surface area contributed by atoms with Crippen LogP contribution in [-0.4, -0.2) is 11.6 Å². The van der Waals surface area contributed by atoms with Gasteiger partial charge in [-0.3, -0.25) is 4.79 Å². The minimum Gasteiger partial charge on any atom is -0.489 e. The maximum Gasteiger partial charge on any atom is 0.271 e. The van der Waals surface area contributed by atoms with Crippen molar-refractivity contribution in [3.8, 4) is 5.75 Å². The Hall–Kier alpha value is -3.14. The summed E-state index contributed by atoms with van der Waals surface area (Å²) in [5.41, 5.74) is 5.44. The fraction of sp³-hybridized carbons (Fsp3) is 0.280. The summed E-state index contributed by atoms with van der Waals surface area (Å²) in [6.07, 6.45) is 6.84. The van der Waals surface area contributed by atoms with Gasteiger partial charge in [-0.2, -0.15) is 5.10 Å². The summed E-state index contributed by atoms with van der Waals surface area (Å²) in [5.74, 6) is 0.675. The largest absolute Gasteiger partial charge is 0.489 e. The Morgan fingerprint density at radius 2 is 1.59 bits per heavy atom. The van der Waals surface area contributed by atoms with Crippen molar-refractivity contribution in [2.24, 2.45) is 5.10 Å². The standard InChI is InChI=1S/C25H26N2O2/c28-25(27-26-23-9-3-1-2-4-10-23)21-13-11-19(12-14-21)18-29-24-16-15-20-7-5-6-8-22(20)17-24/h5-8,11-17H,1-4,9-10,18H2,(H,27,28). The molecule has 1 amide bonds. The van der Waals surface area contributed by atoms with Crippen LogP contribution in [0.4, 0.5) is 0 Å². The van der Waals surface area contributed by atoms with Crippen molar-refractivity contribution in [1.82, 2.24) is 5.43 Å². The summed E-state index contributed by atoms with van der Waals surface area (Å²) >= 11 is 0. The van der Waals surface area contributed by atoms with Crippen LogP contribution in [0.2, 0.25) is 0 Å². The second-order valence-electron chi connectivity index (χ2n) is 7.53. The first-order valence-electron chi connectivity index (χ1n) is 10.3. The molecule has 4 heteroatoms. The van der Waals surface area contributed by atoms with Crippen LogP contribution in [0.1, 0.15) is 54.4 Å². The molecule has 1 aliphatic carbocycles. The highest BCUT2D eigenvalue weighted by Crippen LogP contribution is 2.21. The number of carbonyl (C=O) groups is 1.